The van der Waals surface area contributed by atoms with Crippen LogP contribution in [0.15, 0.2) is 70.9 Å². The van der Waals surface area contributed by atoms with E-state index in [1.165, 1.54) is 35.2 Å². The van der Waals surface area contributed by atoms with Gasteiger partial charge in [0.15, 0.2) is 0 Å². The Morgan fingerprint density at radius 3 is 2.39 bits per heavy atom. The zero-order chi connectivity index (χ0) is 19.9. The molecule has 1 aromatic heterocycles. The fourth-order valence-corrected chi connectivity index (χ4v) is 3.63. The van der Waals surface area contributed by atoms with Gasteiger partial charge >= 0.3 is 5.97 Å². The normalized spacial score (nSPS) is 10.3. The van der Waals surface area contributed by atoms with Gasteiger partial charge in [-0.15, -0.1) is 23.1 Å². The van der Waals surface area contributed by atoms with Crippen LogP contribution in [-0.2, 0) is 4.79 Å². The molecule has 0 aliphatic heterocycles. The van der Waals surface area contributed by atoms with Crippen LogP contribution in [0.4, 0.5) is 11.4 Å². The number of carboxylic acids is 1. The quantitative estimate of drug-likeness (QED) is 0.499. The van der Waals surface area contributed by atoms with Gasteiger partial charge in [0.05, 0.1) is 16.2 Å². The van der Waals surface area contributed by atoms with Crippen LogP contribution < -0.4 is 10.6 Å². The highest BCUT2D eigenvalue weighted by atomic mass is 32.2. The number of carbonyl (C=O) groups excluding carboxylic acids is 2. The maximum absolute atomic E-state index is 12.1. The van der Waals surface area contributed by atoms with Crippen molar-refractivity contribution in [3.05, 3.63) is 76.5 Å². The molecule has 2 amide bonds. The third-order valence-corrected chi connectivity index (χ3v) is 5.50. The van der Waals surface area contributed by atoms with Gasteiger partial charge in [-0.2, -0.15) is 0 Å². The van der Waals surface area contributed by atoms with Crippen molar-refractivity contribution in [3.8, 4) is 0 Å². The van der Waals surface area contributed by atoms with Crippen molar-refractivity contribution in [1.82, 2.24) is 0 Å². The summed E-state index contributed by atoms with van der Waals surface area (Å²) in [5, 5.41) is 16.3. The van der Waals surface area contributed by atoms with Crippen molar-refractivity contribution in [2.45, 2.75) is 4.90 Å². The number of hydrogen-bond acceptors (Lipinski definition) is 5. The third-order valence-electron chi connectivity index (χ3n) is 3.62. The largest absolute Gasteiger partial charge is 0.478 e. The summed E-state index contributed by atoms with van der Waals surface area (Å²) in [5.74, 6) is -1.25. The summed E-state index contributed by atoms with van der Waals surface area (Å²) >= 11 is 2.72. The van der Waals surface area contributed by atoms with Gasteiger partial charge in [-0.1, -0.05) is 12.1 Å². The molecule has 8 heteroatoms. The first-order chi connectivity index (χ1) is 13.5. The van der Waals surface area contributed by atoms with Gasteiger partial charge in [-0.05, 0) is 53.9 Å². The van der Waals surface area contributed by atoms with Crippen molar-refractivity contribution in [2.75, 3.05) is 16.4 Å². The van der Waals surface area contributed by atoms with Crippen LogP contribution in [0, 0.1) is 0 Å². The van der Waals surface area contributed by atoms with Crippen LogP contribution in [-0.4, -0.2) is 28.6 Å². The maximum Gasteiger partial charge on any atom is 0.335 e. The van der Waals surface area contributed by atoms with Gasteiger partial charge in [-0.25, -0.2) is 4.79 Å². The number of carbonyl (C=O) groups is 3. The maximum atomic E-state index is 12.1. The average molecular weight is 412 g/mol. The number of aromatic carboxylic acids is 1. The second kappa shape index (κ2) is 9.20. The third kappa shape index (κ3) is 5.45. The van der Waals surface area contributed by atoms with Gasteiger partial charge in [0.2, 0.25) is 5.91 Å². The fourth-order valence-electron chi connectivity index (χ4n) is 2.31. The van der Waals surface area contributed by atoms with E-state index in [0.717, 1.165) is 4.90 Å². The number of carboxylic acid groups (broad SMARTS) is 1. The summed E-state index contributed by atoms with van der Waals surface area (Å²) in [6.07, 6.45) is 0. The summed E-state index contributed by atoms with van der Waals surface area (Å²) in [6.45, 7) is 0. The number of anilines is 2. The summed E-state index contributed by atoms with van der Waals surface area (Å²) in [5.41, 5.74) is 1.24. The number of benzene rings is 2. The molecule has 0 radical (unpaired) electrons. The van der Waals surface area contributed by atoms with Crippen molar-refractivity contribution in [1.29, 1.82) is 0 Å². The van der Waals surface area contributed by atoms with Crippen LogP contribution in [0.5, 0.6) is 0 Å². The van der Waals surface area contributed by atoms with Crippen molar-refractivity contribution in [3.63, 3.8) is 0 Å². The molecule has 2 aromatic carbocycles. The summed E-state index contributed by atoms with van der Waals surface area (Å²) in [4.78, 5) is 36.6. The van der Waals surface area contributed by atoms with Crippen LogP contribution in [0.3, 0.4) is 0 Å². The van der Waals surface area contributed by atoms with E-state index >= 15 is 0 Å². The van der Waals surface area contributed by atoms with E-state index < -0.39 is 5.97 Å². The minimum absolute atomic E-state index is 0.116. The second-order valence-electron chi connectivity index (χ2n) is 5.68. The highest BCUT2D eigenvalue weighted by Gasteiger charge is 2.09. The Balaban J connectivity index is 1.50. The first-order valence-electron chi connectivity index (χ1n) is 8.22. The predicted octanol–water partition coefficient (Wildman–Crippen LogP) is 4.43. The number of thioether (sulfide) groups is 1. The zero-order valence-corrected chi connectivity index (χ0v) is 16.2. The zero-order valence-electron chi connectivity index (χ0n) is 14.5. The highest BCUT2D eigenvalue weighted by molar-refractivity contribution is 8.00. The van der Waals surface area contributed by atoms with E-state index in [4.69, 9.17) is 5.11 Å². The Kier molecular flexibility index (Phi) is 6.46. The molecule has 0 atom stereocenters. The highest BCUT2D eigenvalue weighted by Crippen LogP contribution is 2.21. The summed E-state index contributed by atoms with van der Waals surface area (Å²) < 4.78 is 0. The Morgan fingerprint density at radius 2 is 1.71 bits per heavy atom. The van der Waals surface area contributed by atoms with Crippen LogP contribution in [0.1, 0.15) is 20.0 Å². The summed E-state index contributed by atoms with van der Waals surface area (Å²) in [7, 11) is 0. The Hall–Kier alpha value is -3.10. The molecule has 0 fully saturated rings. The fraction of sp³-hybridized carbons (Fsp3) is 0.0500. The van der Waals surface area contributed by atoms with E-state index in [1.807, 2.05) is 23.6 Å². The molecule has 142 valence electrons. The van der Waals surface area contributed by atoms with Crippen LogP contribution in [0.2, 0.25) is 0 Å². The van der Waals surface area contributed by atoms with E-state index in [2.05, 4.69) is 10.6 Å². The van der Waals surface area contributed by atoms with E-state index in [-0.39, 0.29) is 23.1 Å². The van der Waals surface area contributed by atoms with E-state index in [9.17, 15) is 14.4 Å². The monoisotopic (exact) mass is 412 g/mol. The Morgan fingerprint density at radius 1 is 0.929 bits per heavy atom. The van der Waals surface area contributed by atoms with Crippen LogP contribution in [0.25, 0.3) is 0 Å². The minimum atomic E-state index is -1.04. The lowest BCUT2D eigenvalue weighted by molar-refractivity contribution is -0.113. The lowest BCUT2D eigenvalue weighted by Gasteiger charge is -2.07. The summed E-state index contributed by atoms with van der Waals surface area (Å²) in [6, 6.07) is 16.9. The van der Waals surface area contributed by atoms with Gasteiger partial charge in [0, 0.05) is 16.3 Å². The Labute approximate surface area is 169 Å². The average Bonchev–Trinajstić information content (AvgIpc) is 3.23. The molecule has 0 aliphatic carbocycles. The Bertz CT molecular complexity index is 986. The van der Waals surface area contributed by atoms with Gasteiger partial charge < -0.3 is 15.7 Å². The first-order valence-corrected chi connectivity index (χ1v) is 10.1. The second-order valence-corrected chi connectivity index (χ2v) is 7.68. The molecule has 0 bridgehead atoms. The molecule has 0 aliphatic rings. The number of thiophene rings is 1. The number of amides is 2. The van der Waals surface area contributed by atoms with Gasteiger partial charge in [0.1, 0.15) is 0 Å². The predicted molar refractivity (Wildman–Crippen MR) is 111 cm³/mol. The molecule has 6 nitrogen and oxygen atoms in total. The minimum Gasteiger partial charge on any atom is -0.478 e. The van der Waals surface area contributed by atoms with Crippen molar-refractivity contribution in [2.24, 2.45) is 0 Å². The molecule has 28 heavy (non-hydrogen) atoms. The van der Waals surface area contributed by atoms with Crippen LogP contribution >= 0.6 is 23.1 Å². The molecule has 1 heterocycles. The lowest BCUT2D eigenvalue weighted by Crippen LogP contribution is -2.14. The van der Waals surface area contributed by atoms with E-state index in [1.54, 1.807) is 30.3 Å². The SMILES string of the molecule is O=C(CSc1ccc(NC(=O)c2cccs2)cc1)Nc1cccc(C(=O)O)c1. The molecule has 0 unspecified atom stereocenters. The lowest BCUT2D eigenvalue weighted by atomic mass is 10.2. The number of nitrogens with one attached hydrogen (secondary N) is 2. The molecule has 0 saturated heterocycles. The van der Waals surface area contributed by atoms with Crippen molar-refractivity contribution < 1.29 is 19.5 Å². The molecule has 0 spiro atoms. The molecular formula is C20H16N2O4S2. The van der Waals surface area contributed by atoms with E-state index in [0.29, 0.717) is 16.3 Å². The molecule has 3 rings (SSSR count). The smallest absolute Gasteiger partial charge is 0.335 e. The topological polar surface area (TPSA) is 95.5 Å². The van der Waals surface area contributed by atoms with Gasteiger partial charge in [-0.3, -0.25) is 9.59 Å². The van der Waals surface area contributed by atoms with Crippen molar-refractivity contribution >= 4 is 52.3 Å². The number of hydrogen-bond donors (Lipinski definition) is 3. The molecule has 0 saturated carbocycles. The molecule has 3 aromatic rings. The number of rotatable bonds is 7. The van der Waals surface area contributed by atoms with Gasteiger partial charge in [0.25, 0.3) is 5.91 Å². The first kappa shape index (κ1) is 19.7. The molecular weight excluding hydrogens is 396 g/mol. The molecule has 3 N–H and O–H groups in total. The standard InChI is InChI=1S/C20H16N2O4S2/c23-18(21-15-4-1-3-13(11-15)20(25)26)12-28-16-8-6-14(7-9-16)22-19(24)17-5-2-10-27-17/h1-11H,12H2,(H,21,23)(H,22,24)(H,25,26).